The third-order valence-corrected chi connectivity index (χ3v) is 4.77. The number of ether oxygens (including phenoxy) is 2. The van der Waals surface area contributed by atoms with Crippen LogP contribution in [0.25, 0.3) is 0 Å². The van der Waals surface area contributed by atoms with Gasteiger partial charge >= 0.3 is 0 Å². The Bertz CT molecular complexity index is 669. The second kappa shape index (κ2) is 12.4. The first kappa shape index (κ1) is 21.3. The van der Waals surface area contributed by atoms with Crippen molar-refractivity contribution in [2.45, 2.75) is 65.5 Å². The fourth-order valence-corrected chi connectivity index (χ4v) is 3.24. The van der Waals surface area contributed by atoms with Crippen LogP contribution < -0.4 is 14.8 Å². The summed E-state index contributed by atoms with van der Waals surface area (Å²) in [7, 11) is 1.70. The lowest BCUT2D eigenvalue weighted by Gasteiger charge is -2.16. The van der Waals surface area contributed by atoms with Crippen LogP contribution in [0.4, 0.5) is 0 Å². The third kappa shape index (κ3) is 7.64. The highest BCUT2D eigenvalue weighted by Crippen LogP contribution is 2.31. The molecular formula is C24H35NO2. The standard InChI is InChI=1S/C24H35NO2/c1-4-5-6-7-8-9-16-25-18-22-14-11-15-23(26-3)24(22)27-19-21-13-10-12-20(2)17-21/h10-15,17,25H,4-9,16,18-19H2,1-3H3. The van der Waals surface area contributed by atoms with Gasteiger partial charge in [0, 0.05) is 12.1 Å². The van der Waals surface area contributed by atoms with Crippen molar-refractivity contribution in [3.63, 3.8) is 0 Å². The molecule has 148 valence electrons. The molecule has 0 bridgehead atoms. The Morgan fingerprint density at radius 3 is 2.48 bits per heavy atom. The number of unbranched alkanes of at least 4 members (excludes halogenated alkanes) is 5. The van der Waals surface area contributed by atoms with E-state index in [1.807, 2.05) is 12.1 Å². The van der Waals surface area contributed by atoms with E-state index in [2.05, 4.69) is 49.5 Å². The molecule has 0 atom stereocenters. The molecule has 0 aromatic heterocycles. The van der Waals surface area contributed by atoms with Gasteiger partial charge in [-0.1, -0.05) is 81.0 Å². The number of hydrogen-bond acceptors (Lipinski definition) is 3. The first-order chi connectivity index (χ1) is 13.2. The van der Waals surface area contributed by atoms with E-state index in [1.165, 1.54) is 49.7 Å². The van der Waals surface area contributed by atoms with Crippen LogP contribution in [0.15, 0.2) is 42.5 Å². The van der Waals surface area contributed by atoms with Crippen LogP contribution >= 0.6 is 0 Å². The molecule has 0 saturated heterocycles. The summed E-state index contributed by atoms with van der Waals surface area (Å²) < 4.78 is 11.7. The van der Waals surface area contributed by atoms with E-state index >= 15 is 0 Å². The molecule has 0 saturated carbocycles. The third-order valence-electron chi connectivity index (χ3n) is 4.77. The number of hydrogen-bond donors (Lipinski definition) is 1. The van der Waals surface area contributed by atoms with Crippen LogP contribution in [-0.2, 0) is 13.2 Å². The average molecular weight is 370 g/mol. The smallest absolute Gasteiger partial charge is 0.166 e. The van der Waals surface area contributed by atoms with Crippen molar-refractivity contribution in [2.75, 3.05) is 13.7 Å². The predicted molar refractivity (Wildman–Crippen MR) is 114 cm³/mol. The van der Waals surface area contributed by atoms with Crippen molar-refractivity contribution in [3.05, 3.63) is 59.2 Å². The lowest BCUT2D eigenvalue weighted by molar-refractivity contribution is 0.280. The van der Waals surface area contributed by atoms with E-state index in [1.54, 1.807) is 7.11 Å². The zero-order valence-corrected chi connectivity index (χ0v) is 17.2. The molecule has 0 unspecified atom stereocenters. The molecule has 0 radical (unpaired) electrons. The summed E-state index contributed by atoms with van der Waals surface area (Å²) in [4.78, 5) is 0. The molecule has 2 aromatic carbocycles. The number of aryl methyl sites for hydroxylation is 1. The van der Waals surface area contributed by atoms with Gasteiger partial charge in [-0.05, 0) is 31.5 Å². The van der Waals surface area contributed by atoms with Gasteiger partial charge in [-0.15, -0.1) is 0 Å². The van der Waals surface area contributed by atoms with Crippen LogP contribution in [0.1, 0.15) is 62.1 Å². The fourth-order valence-electron chi connectivity index (χ4n) is 3.24. The van der Waals surface area contributed by atoms with Crippen molar-refractivity contribution in [1.29, 1.82) is 0 Å². The van der Waals surface area contributed by atoms with Crippen molar-refractivity contribution in [3.8, 4) is 11.5 Å². The topological polar surface area (TPSA) is 30.5 Å². The van der Waals surface area contributed by atoms with Gasteiger partial charge in [0.05, 0.1) is 7.11 Å². The second-order valence-electron chi connectivity index (χ2n) is 7.17. The molecule has 0 fully saturated rings. The molecule has 3 heteroatoms. The summed E-state index contributed by atoms with van der Waals surface area (Å²) in [6, 6.07) is 14.5. The van der Waals surface area contributed by atoms with Crippen molar-refractivity contribution >= 4 is 0 Å². The van der Waals surface area contributed by atoms with Gasteiger partial charge in [0.25, 0.3) is 0 Å². The van der Waals surface area contributed by atoms with Crippen LogP contribution in [0.5, 0.6) is 11.5 Å². The molecular weight excluding hydrogens is 334 g/mol. The Balaban J connectivity index is 1.86. The van der Waals surface area contributed by atoms with Gasteiger partial charge in [0.15, 0.2) is 11.5 Å². The van der Waals surface area contributed by atoms with E-state index in [0.717, 1.165) is 30.2 Å². The zero-order valence-electron chi connectivity index (χ0n) is 17.2. The van der Waals surface area contributed by atoms with E-state index in [9.17, 15) is 0 Å². The Kier molecular flexibility index (Phi) is 9.78. The molecule has 2 aromatic rings. The number of benzene rings is 2. The summed E-state index contributed by atoms with van der Waals surface area (Å²) in [6.45, 7) is 6.75. The summed E-state index contributed by atoms with van der Waals surface area (Å²) >= 11 is 0. The Morgan fingerprint density at radius 2 is 1.70 bits per heavy atom. The normalized spacial score (nSPS) is 10.8. The lowest BCUT2D eigenvalue weighted by atomic mass is 10.1. The van der Waals surface area contributed by atoms with E-state index < -0.39 is 0 Å². The zero-order chi connectivity index (χ0) is 19.3. The van der Waals surface area contributed by atoms with Crippen LogP contribution in [-0.4, -0.2) is 13.7 Å². The van der Waals surface area contributed by atoms with E-state index in [-0.39, 0.29) is 0 Å². The molecule has 2 rings (SSSR count). The summed E-state index contributed by atoms with van der Waals surface area (Å²) in [6.07, 6.45) is 7.91. The minimum absolute atomic E-state index is 0.548. The van der Waals surface area contributed by atoms with Gasteiger partial charge in [0.1, 0.15) is 6.61 Å². The quantitative estimate of drug-likeness (QED) is 0.437. The minimum Gasteiger partial charge on any atom is -0.493 e. The lowest BCUT2D eigenvalue weighted by Crippen LogP contribution is -2.15. The monoisotopic (exact) mass is 369 g/mol. The largest absolute Gasteiger partial charge is 0.493 e. The van der Waals surface area contributed by atoms with Crippen molar-refractivity contribution in [2.24, 2.45) is 0 Å². The maximum atomic E-state index is 6.16. The van der Waals surface area contributed by atoms with Gasteiger partial charge < -0.3 is 14.8 Å². The SMILES string of the molecule is CCCCCCCCNCc1cccc(OC)c1OCc1cccc(C)c1. The second-order valence-corrected chi connectivity index (χ2v) is 7.17. The van der Waals surface area contributed by atoms with Crippen LogP contribution in [0.2, 0.25) is 0 Å². The predicted octanol–water partition coefficient (Wildman–Crippen LogP) is 6.03. The summed E-state index contributed by atoms with van der Waals surface area (Å²) in [5.41, 5.74) is 3.57. The average Bonchev–Trinajstić information content (AvgIpc) is 2.68. The van der Waals surface area contributed by atoms with Crippen molar-refractivity contribution in [1.82, 2.24) is 5.32 Å². The Morgan fingerprint density at radius 1 is 0.926 bits per heavy atom. The number of rotatable bonds is 13. The summed E-state index contributed by atoms with van der Waals surface area (Å²) in [5, 5.41) is 3.56. The van der Waals surface area contributed by atoms with Gasteiger partial charge in [-0.3, -0.25) is 0 Å². The highest BCUT2D eigenvalue weighted by atomic mass is 16.5. The molecule has 0 amide bonds. The molecule has 0 aliphatic rings. The number of methoxy groups -OCH3 is 1. The number of nitrogens with one attached hydrogen (secondary N) is 1. The van der Waals surface area contributed by atoms with E-state index in [0.29, 0.717) is 6.61 Å². The minimum atomic E-state index is 0.548. The Hall–Kier alpha value is -2.00. The molecule has 0 spiro atoms. The van der Waals surface area contributed by atoms with Crippen LogP contribution in [0.3, 0.4) is 0 Å². The molecule has 3 nitrogen and oxygen atoms in total. The van der Waals surface area contributed by atoms with Crippen molar-refractivity contribution < 1.29 is 9.47 Å². The van der Waals surface area contributed by atoms with Gasteiger partial charge in [-0.2, -0.15) is 0 Å². The molecule has 0 aliphatic carbocycles. The maximum absolute atomic E-state index is 6.16. The number of para-hydroxylation sites is 1. The molecule has 0 heterocycles. The Labute approximate surface area is 165 Å². The maximum Gasteiger partial charge on any atom is 0.166 e. The first-order valence-electron chi connectivity index (χ1n) is 10.3. The first-order valence-corrected chi connectivity index (χ1v) is 10.3. The fraction of sp³-hybridized carbons (Fsp3) is 0.500. The molecule has 0 aliphatic heterocycles. The molecule has 27 heavy (non-hydrogen) atoms. The highest BCUT2D eigenvalue weighted by molar-refractivity contribution is 5.46. The summed E-state index contributed by atoms with van der Waals surface area (Å²) in [5.74, 6) is 1.64. The van der Waals surface area contributed by atoms with Gasteiger partial charge in [-0.25, -0.2) is 0 Å². The van der Waals surface area contributed by atoms with Gasteiger partial charge in [0.2, 0.25) is 0 Å². The molecule has 1 N–H and O–H groups in total. The highest BCUT2D eigenvalue weighted by Gasteiger charge is 2.11. The van der Waals surface area contributed by atoms with E-state index in [4.69, 9.17) is 9.47 Å². The van der Waals surface area contributed by atoms with Crippen LogP contribution in [0, 0.1) is 6.92 Å².